The quantitative estimate of drug-likeness (QED) is 0.817. The van der Waals surface area contributed by atoms with Crippen LogP contribution in [0.1, 0.15) is 55.4 Å². The topological polar surface area (TPSA) is 112 Å². The maximum absolute atomic E-state index is 13.1. The second-order valence-corrected chi connectivity index (χ2v) is 6.97. The maximum Gasteiger partial charge on any atom is 0.326 e. The predicted molar refractivity (Wildman–Crippen MR) is 92.2 cm³/mol. The Balaban J connectivity index is 1.79. The molecule has 2 atom stereocenters. The highest BCUT2D eigenvalue weighted by molar-refractivity contribution is 5.96. The van der Waals surface area contributed by atoms with E-state index in [1.54, 1.807) is 0 Å². The normalized spacial score (nSPS) is 22.0. The first-order valence-electron chi connectivity index (χ1n) is 9.18. The largest absolute Gasteiger partial charge is 0.480 e. The zero-order chi connectivity index (χ0) is 18.5. The SMILES string of the molecule is O=C(NC(C(=O)N1CCCC1C(=O)O)C1CCCCC1)c1cnccn1. The highest BCUT2D eigenvalue weighted by atomic mass is 16.4. The molecule has 2 aliphatic rings. The van der Waals surface area contributed by atoms with Crippen LogP contribution in [0.2, 0.25) is 0 Å². The number of hydrogen-bond donors (Lipinski definition) is 2. The van der Waals surface area contributed by atoms with Crippen molar-refractivity contribution in [1.82, 2.24) is 20.2 Å². The van der Waals surface area contributed by atoms with Crippen molar-refractivity contribution in [2.45, 2.75) is 57.0 Å². The van der Waals surface area contributed by atoms with E-state index in [4.69, 9.17) is 0 Å². The van der Waals surface area contributed by atoms with Crippen molar-refractivity contribution in [3.63, 3.8) is 0 Å². The summed E-state index contributed by atoms with van der Waals surface area (Å²) in [4.78, 5) is 46.4. The number of aliphatic carboxylic acids is 1. The second-order valence-electron chi connectivity index (χ2n) is 6.97. The monoisotopic (exact) mass is 360 g/mol. The molecule has 26 heavy (non-hydrogen) atoms. The molecule has 2 unspecified atom stereocenters. The van der Waals surface area contributed by atoms with E-state index in [9.17, 15) is 19.5 Å². The van der Waals surface area contributed by atoms with E-state index in [2.05, 4.69) is 15.3 Å². The smallest absolute Gasteiger partial charge is 0.326 e. The van der Waals surface area contributed by atoms with Gasteiger partial charge in [-0.1, -0.05) is 19.3 Å². The summed E-state index contributed by atoms with van der Waals surface area (Å²) in [6.45, 7) is 0.417. The average molecular weight is 360 g/mol. The van der Waals surface area contributed by atoms with Gasteiger partial charge in [-0.15, -0.1) is 0 Å². The molecule has 2 fully saturated rings. The zero-order valence-electron chi connectivity index (χ0n) is 14.6. The van der Waals surface area contributed by atoms with Gasteiger partial charge < -0.3 is 15.3 Å². The number of rotatable bonds is 5. The first kappa shape index (κ1) is 18.3. The van der Waals surface area contributed by atoms with E-state index >= 15 is 0 Å². The summed E-state index contributed by atoms with van der Waals surface area (Å²) in [6.07, 6.45) is 10.2. The predicted octanol–water partition coefficient (Wildman–Crippen LogP) is 1.23. The van der Waals surface area contributed by atoms with Gasteiger partial charge in [0.05, 0.1) is 6.20 Å². The van der Waals surface area contributed by atoms with Gasteiger partial charge in [-0.2, -0.15) is 0 Å². The van der Waals surface area contributed by atoms with E-state index < -0.39 is 24.0 Å². The molecule has 8 nitrogen and oxygen atoms in total. The van der Waals surface area contributed by atoms with Gasteiger partial charge in [0, 0.05) is 18.9 Å². The number of hydrogen-bond acceptors (Lipinski definition) is 5. The van der Waals surface area contributed by atoms with Gasteiger partial charge in [0.1, 0.15) is 17.8 Å². The maximum atomic E-state index is 13.1. The Kier molecular flexibility index (Phi) is 5.80. The third-order valence-electron chi connectivity index (χ3n) is 5.29. The highest BCUT2D eigenvalue weighted by Crippen LogP contribution is 2.29. The van der Waals surface area contributed by atoms with Crippen molar-refractivity contribution in [2.75, 3.05) is 6.54 Å². The minimum Gasteiger partial charge on any atom is -0.480 e. The van der Waals surface area contributed by atoms with Crippen molar-refractivity contribution in [3.8, 4) is 0 Å². The summed E-state index contributed by atoms with van der Waals surface area (Å²) in [5.41, 5.74) is 0.150. The molecule has 0 bridgehead atoms. The van der Waals surface area contributed by atoms with Crippen molar-refractivity contribution in [1.29, 1.82) is 0 Å². The number of likely N-dealkylation sites (tertiary alicyclic amines) is 1. The Hall–Kier alpha value is -2.51. The van der Waals surface area contributed by atoms with Crippen molar-refractivity contribution >= 4 is 17.8 Å². The van der Waals surface area contributed by atoms with E-state index in [1.807, 2.05) is 0 Å². The average Bonchev–Trinajstić information content (AvgIpc) is 3.17. The number of carbonyl (C=O) groups excluding carboxylic acids is 2. The van der Waals surface area contributed by atoms with Gasteiger partial charge in [-0.3, -0.25) is 14.6 Å². The van der Waals surface area contributed by atoms with E-state index in [1.165, 1.54) is 23.5 Å². The lowest BCUT2D eigenvalue weighted by molar-refractivity contribution is -0.149. The van der Waals surface area contributed by atoms with Crippen LogP contribution < -0.4 is 5.32 Å². The molecular weight excluding hydrogens is 336 g/mol. The van der Waals surface area contributed by atoms with Crippen molar-refractivity contribution in [3.05, 3.63) is 24.3 Å². The van der Waals surface area contributed by atoms with Gasteiger partial charge in [0.2, 0.25) is 5.91 Å². The van der Waals surface area contributed by atoms with Gasteiger partial charge in [-0.25, -0.2) is 9.78 Å². The second kappa shape index (κ2) is 8.25. The molecule has 8 heteroatoms. The third kappa shape index (κ3) is 4.00. The Morgan fingerprint density at radius 3 is 2.54 bits per heavy atom. The molecule has 1 aromatic heterocycles. The van der Waals surface area contributed by atoms with Gasteiger partial charge in [-0.05, 0) is 31.6 Å². The molecule has 0 aromatic carbocycles. The Bertz CT molecular complexity index is 660. The Morgan fingerprint density at radius 2 is 1.88 bits per heavy atom. The van der Waals surface area contributed by atoms with Gasteiger partial charge in [0.25, 0.3) is 5.91 Å². The van der Waals surface area contributed by atoms with Crippen LogP contribution in [0.15, 0.2) is 18.6 Å². The number of carboxylic acids is 1. The molecule has 1 aromatic rings. The fourth-order valence-electron chi connectivity index (χ4n) is 3.95. The molecule has 1 aliphatic carbocycles. The van der Waals surface area contributed by atoms with Crippen molar-refractivity contribution < 1.29 is 19.5 Å². The van der Waals surface area contributed by atoms with Crippen LogP contribution in [0.25, 0.3) is 0 Å². The lowest BCUT2D eigenvalue weighted by atomic mass is 9.83. The standard InChI is InChI=1S/C18H24N4O4/c23-16(13-11-19-8-9-20-13)21-15(12-5-2-1-3-6-12)17(24)22-10-4-7-14(22)18(25)26/h8-9,11-12,14-15H,1-7,10H2,(H,21,23)(H,25,26). The van der Waals surface area contributed by atoms with Crippen LogP contribution in [0, 0.1) is 5.92 Å². The molecule has 1 saturated heterocycles. The van der Waals surface area contributed by atoms with E-state index in [0.29, 0.717) is 19.4 Å². The molecule has 2 amide bonds. The highest BCUT2D eigenvalue weighted by Gasteiger charge is 2.40. The molecule has 3 rings (SSSR count). The fourth-order valence-corrected chi connectivity index (χ4v) is 3.95. The minimum atomic E-state index is -0.988. The van der Waals surface area contributed by atoms with Gasteiger partial charge >= 0.3 is 5.97 Å². The molecule has 1 aliphatic heterocycles. The summed E-state index contributed by atoms with van der Waals surface area (Å²) in [6, 6.07) is -1.52. The summed E-state index contributed by atoms with van der Waals surface area (Å²) >= 11 is 0. The number of nitrogens with one attached hydrogen (secondary N) is 1. The Labute approximate surface area is 152 Å². The fraction of sp³-hybridized carbons (Fsp3) is 0.611. The molecular formula is C18H24N4O4. The minimum absolute atomic E-state index is 0.0203. The summed E-state index contributed by atoms with van der Waals surface area (Å²) in [5, 5.41) is 12.2. The van der Waals surface area contributed by atoms with Crippen LogP contribution in [-0.2, 0) is 9.59 Å². The number of carboxylic acid groups (broad SMARTS) is 1. The van der Waals surface area contributed by atoms with Gasteiger partial charge in [0.15, 0.2) is 0 Å². The summed E-state index contributed by atoms with van der Waals surface area (Å²) in [5.74, 6) is -1.71. The molecule has 0 radical (unpaired) electrons. The third-order valence-corrected chi connectivity index (χ3v) is 5.29. The number of nitrogens with zero attached hydrogens (tertiary/aromatic N) is 3. The molecule has 2 N–H and O–H groups in total. The molecule has 2 heterocycles. The van der Waals surface area contributed by atoms with E-state index in [0.717, 1.165) is 32.1 Å². The van der Waals surface area contributed by atoms with Crippen LogP contribution in [0.5, 0.6) is 0 Å². The van der Waals surface area contributed by atoms with Crippen LogP contribution in [0.4, 0.5) is 0 Å². The number of amides is 2. The summed E-state index contributed by atoms with van der Waals surface area (Å²) < 4.78 is 0. The lowest BCUT2D eigenvalue weighted by Crippen LogP contribution is -2.55. The Morgan fingerprint density at radius 1 is 1.12 bits per heavy atom. The first-order chi connectivity index (χ1) is 12.6. The summed E-state index contributed by atoms with van der Waals surface area (Å²) in [7, 11) is 0. The number of aromatic nitrogens is 2. The van der Waals surface area contributed by atoms with Crippen LogP contribution >= 0.6 is 0 Å². The van der Waals surface area contributed by atoms with E-state index in [-0.39, 0.29) is 17.5 Å². The first-order valence-corrected chi connectivity index (χ1v) is 9.18. The molecule has 1 saturated carbocycles. The van der Waals surface area contributed by atoms with Crippen molar-refractivity contribution in [2.24, 2.45) is 5.92 Å². The zero-order valence-corrected chi connectivity index (χ0v) is 14.6. The number of carbonyl (C=O) groups is 3. The lowest BCUT2D eigenvalue weighted by Gasteiger charge is -2.34. The molecule has 140 valence electrons. The van der Waals surface area contributed by atoms with Crippen LogP contribution in [-0.4, -0.2) is 56.4 Å². The van der Waals surface area contributed by atoms with Crippen LogP contribution in [0.3, 0.4) is 0 Å². The molecule has 0 spiro atoms.